The first-order valence-corrected chi connectivity index (χ1v) is 63.1. The number of nitrogens with zero attached hydrogens (tertiary/aromatic N) is 1. The van der Waals surface area contributed by atoms with E-state index in [0.717, 1.165) is 69.3 Å². The number of quaternary nitrogens is 1. The van der Waals surface area contributed by atoms with E-state index in [1.807, 2.05) is 35.0 Å². The molecule has 0 aromatic carbocycles. The summed E-state index contributed by atoms with van der Waals surface area (Å²) in [7, 11) is 8.12. The molecule has 9 atom stereocenters. The summed E-state index contributed by atoms with van der Waals surface area (Å²) in [6.07, 6.45) is 3.78. The van der Waals surface area contributed by atoms with E-state index in [4.69, 9.17) is 154 Å². The Morgan fingerprint density at radius 3 is 1.22 bits per heavy atom. The highest BCUT2D eigenvalue weighted by atomic mass is 31.2. The van der Waals surface area contributed by atoms with Crippen LogP contribution in [-0.4, -0.2) is 494 Å². The van der Waals surface area contributed by atoms with E-state index in [9.17, 15) is 62.8 Å². The minimum Gasteiger partial charge on any atom is -0.480 e. The van der Waals surface area contributed by atoms with Crippen LogP contribution >= 0.6 is 7.60 Å². The number of aliphatic carboxylic acids is 1. The van der Waals surface area contributed by atoms with Crippen LogP contribution in [0.1, 0.15) is 120 Å². The zero-order chi connectivity index (χ0) is 116. The van der Waals surface area contributed by atoms with E-state index in [-0.39, 0.29) is 169 Å². The maximum absolute atomic E-state index is 12.3. The van der Waals surface area contributed by atoms with Gasteiger partial charge in [0.25, 0.3) is 0 Å². The van der Waals surface area contributed by atoms with Crippen molar-refractivity contribution in [3.63, 3.8) is 0 Å². The molecule has 149 heavy (non-hydrogen) atoms. The van der Waals surface area contributed by atoms with Gasteiger partial charge in [0.2, 0.25) is 0 Å². The van der Waals surface area contributed by atoms with Gasteiger partial charge in [-0.15, -0.1) is 0 Å². The molecule has 0 saturated carbocycles. The summed E-state index contributed by atoms with van der Waals surface area (Å²) in [6, 6.07) is 3.28. The van der Waals surface area contributed by atoms with E-state index in [1.54, 1.807) is 28.3 Å². The number of carboxylic acids is 1. The van der Waals surface area contributed by atoms with Gasteiger partial charge in [0.05, 0.1) is 168 Å². The van der Waals surface area contributed by atoms with Crippen LogP contribution in [0.5, 0.6) is 0 Å². The Morgan fingerprint density at radius 1 is 0.409 bits per heavy atom. The van der Waals surface area contributed by atoms with Crippen LogP contribution in [-0.2, 0) is 160 Å². The Balaban J connectivity index is -0.000000224. The van der Waals surface area contributed by atoms with E-state index in [2.05, 4.69) is 66.6 Å². The van der Waals surface area contributed by atoms with Crippen molar-refractivity contribution < 1.29 is 236 Å². The molecule has 0 heterocycles. The largest absolute Gasteiger partial charge is 0.480 e. The predicted octanol–water partition coefficient (Wildman–Crippen LogP) is 3.77. The number of unbranched alkanes of at least 4 members (excludes halogenated alkanes) is 3. The molecule has 890 valence electrons. The Hall–Kier alpha value is -5.58. The number of aliphatic hydroxyl groups is 12. The van der Waals surface area contributed by atoms with Gasteiger partial charge in [-0.25, -0.2) is 33.6 Å². The number of hydrogen-bond donors (Lipinski definition) is 14. The molecule has 0 saturated heterocycles. The summed E-state index contributed by atoms with van der Waals surface area (Å²) in [5.74, 6) is -6.81. The fourth-order valence-corrected chi connectivity index (χ4v) is 33.0. The minimum atomic E-state index is -3.77. The summed E-state index contributed by atoms with van der Waals surface area (Å²) >= 11 is 0. The molecular weight excluding hydrogens is 2070 g/mol. The number of hydrogen-bond acceptors (Lipinski definition) is 46. The second-order valence-electron chi connectivity index (χ2n) is 38.1. The summed E-state index contributed by atoms with van der Waals surface area (Å²) in [5, 5.41) is 112. The lowest BCUT2D eigenvalue weighted by atomic mass is 9.92. The van der Waals surface area contributed by atoms with Crippen molar-refractivity contribution in [2.24, 2.45) is 22.7 Å². The quantitative estimate of drug-likeness (QED) is 0.00783. The molecular formula is C95H197NO48PSi4+. The molecule has 0 spiro atoms. The highest BCUT2D eigenvalue weighted by Gasteiger charge is 2.41. The number of rotatable bonds is 78. The van der Waals surface area contributed by atoms with Gasteiger partial charge in [0.15, 0.2) is 39.4 Å². The molecule has 0 radical (unpaired) electrons. The lowest BCUT2D eigenvalue weighted by Gasteiger charge is -2.36. The number of methoxy groups -OCH3 is 9. The first kappa shape index (κ1) is 161. The van der Waals surface area contributed by atoms with Crippen LogP contribution in [0.25, 0.3) is 0 Å². The number of carboxylic acid groups (broad SMARTS) is 1. The fraction of sp³-hybridized carbons (Fsp3) is 0.874. The highest BCUT2D eigenvalue weighted by Crippen LogP contribution is 2.44. The first-order valence-electron chi connectivity index (χ1n) is 48.9. The Kier molecular flexibility index (Phi) is 105. The van der Waals surface area contributed by atoms with Crippen LogP contribution < -0.4 is 0 Å². The van der Waals surface area contributed by atoms with Crippen LogP contribution in [0, 0.1) is 22.7 Å². The Labute approximate surface area is 888 Å². The van der Waals surface area contributed by atoms with E-state index in [1.165, 1.54) is 70.4 Å². The maximum Gasteiger partial charge on any atom is 0.347 e. The average molecular weight is 2260 g/mol. The summed E-state index contributed by atoms with van der Waals surface area (Å²) in [4.78, 5) is 121. The van der Waals surface area contributed by atoms with Crippen molar-refractivity contribution in [3.8, 4) is 0 Å². The minimum absolute atomic E-state index is 0. The van der Waals surface area contributed by atoms with Gasteiger partial charge < -0.3 is 183 Å². The molecule has 0 aliphatic carbocycles. The number of carbonyl (C=O) groups is 10. The summed E-state index contributed by atoms with van der Waals surface area (Å²) in [5.41, 5.74) is -2.02. The van der Waals surface area contributed by atoms with Crippen LogP contribution in [0.3, 0.4) is 0 Å². The van der Waals surface area contributed by atoms with Crippen molar-refractivity contribution >= 4 is 101 Å². The van der Waals surface area contributed by atoms with Crippen LogP contribution in [0.15, 0.2) is 12.2 Å². The van der Waals surface area contributed by atoms with Crippen molar-refractivity contribution in [1.82, 2.24) is 0 Å². The van der Waals surface area contributed by atoms with Crippen molar-refractivity contribution in [3.05, 3.63) is 12.2 Å². The van der Waals surface area contributed by atoms with Crippen molar-refractivity contribution in [2.45, 2.75) is 239 Å². The molecule has 0 aromatic heterocycles. The molecule has 49 nitrogen and oxygen atoms in total. The fourth-order valence-electron chi connectivity index (χ4n) is 12.9. The molecule has 0 aliphatic heterocycles. The molecule has 0 aliphatic rings. The third kappa shape index (κ3) is 101. The Morgan fingerprint density at radius 2 is 0.832 bits per heavy atom. The molecule has 9 unspecified atom stereocenters. The monoisotopic (exact) mass is 2260 g/mol. The second-order valence-corrected chi connectivity index (χ2v) is 57.6. The second kappa shape index (κ2) is 96.9. The lowest BCUT2D eigenvalue weighted by Crippen LogP contribution is -2.47. The lowest BCUT2D eigenvalue weighted by molar-refractivity contribution is -0.870. The third-order valence-electron chi connectivity index (χ3n) is 19.2. The number of carbonyl (C=O) groups excluding carboxylic acids is 9. The number of esters is 9. The van der Waals surface area contributed by atoms with Gasteiger partial charge >= 0.3 is 67.3 Å². The maximum atomic E-state index is 12.3. The molecule has 0 bridgehead atoms. The highest BCUT2D eigenvalue weighted by molar-refractivity contribution is 7.52. The van der Waals surface area contributed by atoms with Gasteiger partial charge in [0.1, 0.15) is 76.3 Å². The predicted molar refractivity (Wildman–Crippen MR) is 560 cm³/mol. The topological polar surface area (TPSA) is 683 Å². The van der Waals surface area contributed by atoms with E-state index >= 15 is 0 Å². The molecule has 0 aromatic rings. The van der Waals surface area contributed by atoms with Gasteiger partial charge in [-0.1, -0.05) is 34.1 Å². The van der Waals surface area contributed by atoms with Crippen LogP contribution in [0.2, 0.25) is 76.6 Å². The summed E-state index contributed by atoms with van der Waals surface area (Å²) < 4.78 is 132. The zero-order valence-corrected chi connectivity index (χ0v) is 98.3. The van der Waals surface area contributed by atoms with Crippen molar-refractivity contribution in [1.29, 1.82) is 0 Å². The molecule has 14 N–H and O–H groups in total. The number of aliphatic hydroxyl groups excluding tert-OH is 12. The zero-order valence-electron chi connectivity index (χ0n) is 93.4. The average Bonchev–Trinajstić information content (AvgIpc) is 0.810. The molecule has 0 fully saturated rings. The smallest absolute Gasteiger partial charge is 0.347 e. The first-order chi connectivity index (χ1) is 69.1. The third-order valence-corrected chi connectivity index (χ3v) is 35.9. The van der Waals surface area contributed by atoms with Crippen LogP contribution in [0.4, 0.5) is 0 Å². The number of ether oxygens (including phenoxy) is 20. The molecule has 54 heteroatoms. The molecule has 0 amide bonds. The van der Waals surface area contributed by atoms with Crippen molar-refractivity contribution in [2.75, 3.05) is 283 Å². The standard InChI is InChI=1S/C23H54NO9PSi2.C18H38O7Si2.C13H24O8.2C10H20O6.C10H16O6.C8H16O3.C2H4O3.CH4/c1-24(2,3)12-10-15-34(28,29)32-23(19-26)21-31-14-11-17-36(6,7)33-35(4,5)16-9-8-13-30-20-22(27)18-25;1-15(17(21)23-11-7-9-19)13-26(3,4)25-27(5,6)14-16(2)18(22)24-12-8-10-20;1-10(21-11(15)5-14)12(16)20-9-13(6-17-2,7-18-3)8-19-4;1-13-5-10(6-14-2,7-15-3)8-16-9(12)4-11;1-8(11)9(12)16-7-10(15-4,5-13-2)6-14-3;1-7(12)6-15-9(13)3-4-10(14)16-8(2)5-11;1-2-11-8(10)6-4-3-5-7-9;3-1-2(4)5;/h22-23,25-27H,8-21H2,1-7H3;15-16,19-20H,7-14H2,1-6H3;10,14H,5-9H2,1-4H3;11H,4-8H2,1-3H3;8,11H,5-7H2,1-4H3;3-4,7-8,11-12H,5-6H2,1-2H3;9H,2-7H2,1H3;3H,1H2,(H,4,5);1H4/p+1/b;;;;;4-3+;;;. The SMILES string of the molecule is C.CC(C[Si](C)(C)O[Si](C)(C)CC(C)C(=O)OCCCO)C(=O)OCCCO.CC(O)COC(=O)/C=C/C(=O)OC(C)CO.CCOC(=O)CCCCCO.COCC(COC)(COC(=O)C(C)O)OC.COCC(COC)(COC)COC(=O)C(C)OC(=O)CO.COCC(COC)(COC)COC(=O)CO.C[N+](C)(C)CCCP(=O)(O)OC(CO)COCCC[Si](C)(C)O[Si](C)(C)CCCCOCC(O)CO.O=C(O)CO. The van der Waals surface area contributed by atoms with Gasteiger partial charge in [0, 0.05) is 135 Å². The normalized spacial score (nSPS) is 13.7. The Bertz CT molecular complexity index is 3320. The van der Waals surface area contributed by atoms with Gasteiger partial charge in [-0.05, 0) is 137 Å². The van der Waals surface area contributed by atoms with Gasteiger partial charge in [-0.2, -0.15) is 0 Å². The van der Waals surface area contributed by atoms with E-state index in [0.29, 0.717) is 81.9 Å². The summed E-state index contributed by atoms with van der Waals surface area (Å²) in [6.45, 7) is 30.7. The molecule has 0 rings (SSSR count). The van der Waals surface area contributed by atoms with Gasteiger partial charge in [-0.3, -0.25) is 18.9 Å². The van der Waals surface area contributed by atoms with E-state index < -0.39 is 156 Å².